The van der Waals surface area contributed by atoms with Gasteiger partial charge in [-0.05, 0) is 25.7 Å². The minimum Gasteiger partial charge on any atom is -0.212 e. The van der Waals surface area contributed by atoms with E-state index in [4.69, 9.17) is 5.26 Å². The van der Waals surface area contributed by atoms with E-state index in [-0.39, 0.29) is 5.75 Å². The Balaban J connectivity index is 2.79. The highest BCUT2D eigenvalue weighted by atomic mass is 32.2. The molecule has 0 saturated carbocycles. The number of piperidine rings is 1. The molecular weight excluding hydrogens is 200 g/mol. The van der Waals surface area contributed by atoms with E-state index in [0.717, 1.165) is 12.8 Å². The van der Waals surface area contributed by atoms with Gasteiger partial charge in [0.2, 0.25) is 10.0 Å². The first kappa shape index (κ1) is 11.5. The predicted molar refractivity (Wildman–Crippen MR) is 54.0 cm³/mol. The average molecular weight is 216 g/mol. The van der Waals surface area contributed by atoms with Crippen molar-refractivity contribution < 1.29 is 8.42 Å². The average Bonchev–Trinajstić information content (AvgIpc) is 2.18. The Labute approximate surface area is 85.6 Å². The van der Waals surface area contributed by atoms with Crippen LogP contribution in [0.3, 0.4) is 0 Å². The van der Waals surface area contributed by atoms with Gasteiger partial charge in [-0.2, -0.15) is 9.57 Å². The maximum absolute atomic E-state index is 11.7. The highest BCUT2D eigenvalue weighted by molar-refractivity contribution is 7.89. The van der Waals surface area contributed by atoms with Crippen LogP contribution in [0.2, 0.25) is 0 Å². The summed E-state index contributed by atoms with van der Waals surface area (Å²) in [7, 11) is -3.18. The molecule has 0 aliphatic carbocycles. The van der Waals surface area contributed by atoms with Gasteiger partial charge < -0.3 is 0 Å². The summed E-state index contributed by atoms with van der Waals surface area (Å²) in [6, 6.07) is 1.63. The molecule has 0 spiro atoms. The van der Waals surface area contributed by atoms with Crippen molar-refractivity contribution in [3.8, 4) is 6.07 Å². The molecule has 4 nitrogen and oxygen atoms in total. The summed E-state index contributed by atoms with van der Waals surface area (Å²) in [6.45, 7) is 2.35. The summed E-state index contributed by atoms with van der Waals surface area (Å²) >= 11 is 0. The van der Waals surface area contributed by atoms with E-state index < -0.39 is 16.1 Å². The van der Waals surface area contributed by atoms with Gasteiger partial charge >= 0.3 is 0 Å². The van der Waals surface area contributed by atoms with E-state index in [2.05, 4.69) is 6.07 Å². The molecule has 1 saturated heterocycles. The molecule has 1 fully saturated rings. The summed E-state index contributed by atoms with van der Waals surface area (Å²) in [5.74, 6) is 0.158. The molecule has 1 aliphatic rings. The Kier molecular flexibility index (Phi) is 3.90. The third-order valence-electron chi connectivity index (χ3n) is 2.42. The van der Waals surface area contributed by atoms with Crippen LogP contribution in [0.15, 0.2) is 0 Å². The van der Waals surface area contributed by atoms with Crippen LogP contribution in [0.5, 0.6) is 0 Å². The summed E-state index contributed by atoms with van der Waals surface area (Å²) in [4.78, 5) is 0. The second-order valence-electron chi connectivity index (χ2n) is 3.57. The van der Waals surface area contributed by atoms with E-state index in [9.17, 15) is 8.42 Å². The zero-order chi connectivity index (χ0) is 10.6. The Bertz CT molecular complexity index is 318. The molecule has 0 aromatic carbocycles. The van der Waals surface area contributed by atoms with Crippen molar-refractivity contribution in [3.05, 3.63) is 0 Å². The lowest BCUT2D eigenvalue weighted by molar-refractivity contribution is 0.297. The predicted octanol–water partition coefficient (Wildman–Crippen LogP) is 1.10. The van der Waals surface area contributed by atoms with Gasteiger partial charge in [0.05, 0.1) is 11.8 Å². The van der Waals surface area contributed by atoms with Crippen LogP contribution in [-0.4, -0.2) is 31.1 Å². The monoisotopic (exact) mass is 216 g/mol. The molecular formula is C9H16N2O2S. The standard InChI is InChI=1S/C9H16N2O2S/c1-2-7-14(12,13)11-6-4-3-5-9(11)8-10/h9H,2-7H2,1H3. The van der Waals surface area contributed by atoms with Gasteiger partial charge in [0, 0.05) is 6.54 Å². The SMILES string of the molecule is CCCS(=O)(=O)N1CCCCC1C#N. The van der Waals surface area contributed by atoms with E-state index in [1.54, 1.807) is 0 Å². The molecule has 1 heterocycles. The molecule has 0 aromatic rings. The molecule has 1 rings (SSSR count). The fraction of sp³-hybridized carbons (Fsp3) is 0.889. The maximum atomic E-state index is 11.7. The largest absolute Gasteiger partial charge is 0.215 e. The van der Waals surface area contributed by atoms with Gasteiger partial charge in [-0.25, -0.2) is 8.42 Å². The number of sulfonamides is 1. The van der Waals surface area contributed by atoms with Gasteiger partial charge in [0.25, 0.3) is 0 Å². The topological polar surface area (TPSA) is 61.2 Å². The number of nitrogens with zero attached hydrogens (tertiary/aromatic N) is 2. The number of nitriles is 1. The molecule has 1 aliphatic heterocycles. The van der Waals surface area contributed by atoms with Crippen molar-refractivity contribution in [1.82, 2.24) is 4.31 Å². The van der Waals surface area contributed by atoms with Gasteiger partial charge in [-0.1, -0.05) is 6.92 Å². The van der Waals surface area contributed by atoms with Gasteiger partial charge in [-0.15, -0.1) is 0 Å². The minimum absolute atomic E-state index is 0.158. The third kappa shape index (κ3) is 2.46. The lowest BCUT2D eigenvalue weighted by Crippen LogP contribution is -2.43. The van der Waals surface area contributed by atoms with Crippen LogP contribution < -0.4 is 0 Å². The van der Waals surface area contributed by atoms with E-state index in [1.807, 2.05) is 6.92 Å². The van der Waals surface area contributed by atoms with Crippen molar-refractivity contribution in [1.29, 1.82) is 5.26 Å². The molecule has 1 unspecified atom stereocenters. The number of rotatable bonds is 3. The third-order valence-corrected chi connectivity index (χ3v) is 4.50. The normalized spacial score (nSPS) is 24.4. The Hall–Kier alpha value is -0.600. The summed E-state index contributed by atoms with van der Waals surface area (Å²) in [6.07, 6.45) is 3.12. The second kappa shape index (κ2) is 4.76. The zero-order valence-corrected chi connectivity index (χ0v) is 9.26. The molecule has 1 atom stereocenters. The number of hydrogen-bond donors (Lipinski definition) is 0. The molecule has 5 heteroatoms. The number of hydrogen-bond acceptors (Lipinski definition) is 3. The van der Waals surface area contributed by atoms with Crippen LogP contribution in [0.25, 0.3) is 0 Å². The van der Waals surface area contributed by atoms with E-state index >= 15 is 0 Å². The molecule has 80 valence electrons. The fourth-order valence-corrected chi connectivity index (χ4v) is 3.44. The summed E-state index contributed by atoms with van der Waals surface area (Å²) in [5, 5.41) is 8.84. The van der Waals surface area contributed by atoms with Crippen LogP contribution in [0, 0.1) is 11.3 Å². The lowest BCUT2D eigenvalue weighted by Gasteiger charge is -2.30. The maximum Gasteiger partial charge on any atom is 0.215 e. The first-order valence-electron chi connectivity index (χ1n) is 5.01. The first-order valence-corrected chi connectivity index (χ1v) is 6.62. The second-order valence-corrected chi connectivity index (χ2v) is 5.61. The fourth-order valence-electron chi connectivity index (χ4n) is 1.74. The Morgan fingerprint density at radius 1 is 1.50 bits per heavy atom. The summed E-state index contributed by atoms with van der Waals surface area (Å²) in [5.41, 5.74) is 0. The Morgan fingerprint density at radius 3 is 2.79 bits per heavy atom. The zero-order valence-electron chi connectivity index (χ0n) is 8.44. The van der Waals surface area contributed by atoms with Gasteiger partial charge in [-0.3, -0.25) is 0 Å². The van der Waals surface area contributed by atoms with Gasteiger partial charge in [0.1, 0.15) is 6.04 Å². The molecule has 14 heavy (non-hydrogen) atoms. The first-order chi connectivity index (χ1) is 6.61. The smallest absolute Gasteiger partial charge is 0.212 e. The van der Waals surface area contributed by atoms with Crippen molar-refractivity contribution in [2.24, 2.45) is 0 Å². The molecule has 0 radical (unpaired) electrons. The minimum atomic E-state index is -3.18. The van der Waals surface area contributed by atoms with Crippen molar-refractivity contribution in [2.75, 3.05) is 12.3 Å². The van der Waals surface area contributed by atoms with Crippen molar-refractivity contribution >= 4 is 10.0 Å². The quantitative estimate of drug-likeness (QED) is 0.710. The molecule has 0 N–H and O–H groups in total. The molecule has 0 amide bonds. The Morgan fingerprint density at radius 2 is 2.21 bits per heavy atom. The lowest BCUT2D eigenvalue weighted by atomic mass is 10.1. The van der Waals surface area contributed by atoms with Crippen molar-refractivity contribution in [3.63, 3.8) is 0 Å². The van der Waals surface area contributed by atoms with E-state index in [1.165, 1.54) is 4.31 Å². The van der Waals surface area contributed by atoms with Crippen LogP contribution in [-0.2, 0) is 10.0 Å². The molecule has 0 bridgehead atoms. The highest BCUT2D eigenvalue weighted by Crippen LogP contribution is 2.20. The molecule has 0 aromatic heterocycles. The van der Waals surface area contributed by atoms with Crippen LogP contribution in [0.1, 0.15) is 32.6 Å². The van der Waals surface area contributed by atoms with E-state index in [0.29, 0.717) is 19.4 Å². The van der Waals surface area contributed by atoms with Crippen LogP contribution in [0.4, 0.5) is 0 Å². The van der Waals surface area contributed by atoms with Crippen molar-refractivity contribution in [2.45, 2.75) is 38.6 Å². The summed E-state index contributed by atoms with van der Waals surface area (Å²) < 4.78 is 24.8. The highest BCUT2D eigenvalue weighted by Gasteiger charge is 2.31. The van der Waals surface area contributed by atoms with Gasteiger partial charge in [0.15, 0.2) is 0 Å². The van der Waals surface area contributed by atoms with Crippen LogP contribution >= 0.6 is 0 Å².